The third-order valence-corrected chi connectivity index (χ3v) is 5.58. The van der Waals surface area contributed by atoms with Crippen LogP contribution in [-0.2, 0) is 12.6 Å². The summed E-state index contributed by atoms with van der Waals surface area (Å²) in [6.07, 6.45) is 6.50. The van der Waals surface area contributed by atoms with Crippen molar-refractivity contribution >= 4 is 5.91 Å². The number of piperidine rings is 1. The van der Waals surface area contributed by atoms with Crippen molar-refractivity contribution in [3.63, 3.8) is 0 Å². The largest absolute Gasteiger partial charge is 0.497 e. The van der Waals surface area contributed by atoms with Gasteiger partial charge in [-0.15, -0.1) is 0 Å². The molecule has 2 bridgehead atoms. The fourth-order valence-corrected chi connectivity index (χ4v) is 4.44. The number of carbonyl (C=O) groups is 1. The third-order valence-electron chi connectivity index (χ3n) is 5.58. The monoisotopic (exact) mass is 341 g/mol. The van der Waals surface area contributed by atoms with Gasteiger partial charge in [0.05, 0.1) is 7.11 Å². The van der Waals surface area contributed by atoms with Gasteiger partial charge in [-0.2, -0.15) is 0 Å². The van der Waals surface area contributed by atoms with Crippen LogP contribution in [0.3, 0.4) is 0 Å². The number of aliphatic hydroxyl groups is 1. The van der Waals surface area contributed by atoms with E-state index in [1.165, 1.54) is 0 Å². The van der Waals surface area contributed by atoms with Crippen LogP contribution in [0, 0.1) is 0 Å². The van der Waals surface area contributed by atoms with Gasteiger partial charge in [0.1, 0.15) is 17.2 Å². The van der Waals surface area contributed by atoms with E-state index in [9.17, 15) is 9.90 Å². The van der Waals surface area contributed by atoms with Crippen molar-refractivity contribution in [1.29, 1.82) is 0 Å². The van der Waals surface area contributed by atoms with Crippen molar-refractivity contribution in [3.05, 3.63) is 48.0 Å². The summed E-state index contributed by atoms with van der Waals surface area (Å²) in [5.74, 6) is 1.47. The van der Waals surface area contributed by atoms with E-state index >= 15 is 0 Å². The molecule has 6 nitrogen and oxygen atoms in total. The van der Waals surface area contributed by atoms with Gasteiger partial charge in [-0.05, 0) is 37.1 Å². The highest BCUT2D eigenvalue weighted by Gasteiger charge is 2.51. The summed E-state index contributed by atoms with van der Waals surface area (Å²) in [5.41, 5.74) is -0.291. The Morgan fingerprint density at radius 1 is 1.24 bits per heavy atom. The normalized spacial score (nSPS) is 28.2. The van der Waals surface area contributed by atoms with Crippen molar-refractivity contribution in [2.24, 2.45) is 7.05 Å². The second-order valence-electron chi connectivity index (χ2n) is 7.13. The summed E-state index contributed by atoms with van der Waals surface area (Å²) in [7, 11) is 3.51. The van der Waals surface area contributed by atoms with E-state index in [0.717, 1.165) is 18.6 Å². The number of benzene rings is 1. The molecule has 2 fully saturated rings. The third kappa shape index (κ3) is 2.61. The van der Waals surface area contributed by atoms with Crippen molar-refractivity contribution in [2.75, 3.05) is 7.11 Å². The maximum atomic E-state index is 13.0. The maximum Gasteiger partial charge on any atom is 0.254 e. The molecule has 0 spiro atoms. The molecule has 2 aromatic rings. The lowest BCUT2D eigenvalue weighted by Gasteiger charge is -2.43. The molecule has 0 aliphatic carbocycles. The number of hydrogen-bond acceptors (Lipinski definition) is 4. The average molecular weight is 341 g/mol. The number of aromatic nitrogens is 2. The number of imidazole rings is 1. The first kappa shape index (κ1) is 16.1. The molecule has 3 heterocycles. The van der Waals surface area contributed by atoms with Crippen molar-refractivity contribution in [1.82, 2.24) is 14.5 Å². The molecular weight excluding hydrogens is 318 g/mol. The highest BCUT2D eigenvalue weighted by atomic mass is 16.5. The van der Waals surface area contributed by atoms with E-state index in [-0.39, 0.29) is 18.0 Å². The molecule has 2 saturated heterocycles. The van der Waals surface area contributed by atoms with Gasteiger partial charge in [-0.25, -0.2) is 4.98 Å². The Bertz CT molecular complexity index is 769. The number of amides is 1. The van der Waals surface area contributed by atoms with E-state index in [0.29, 0.717) is 24.2 Å². The Morgan fingerprint density at radius 3 is 2.40 bits per heavy atom. The maximum absolute atomic E-state index is 13.0. The minimum absolute atomic E-state index is 0.0389. The number of carbonyl (C=O) groups excluding carboxylic acids is 1. The van der Waals surface area contributed by atoms with Gasteiger partial charge in [-0.1, -0.05) is 0 Å². The number of rotatable bonds is 3. The average Bonchev–Trinajstić information content (AvgIpc) is 3.17. The molecule has 2 aliphatic rings. The number of ether oxygens (including phenoxy) is 1. The van der Waals surface area contributed by atoms with Crippen LogP contribution in [0.1, 0.15) is 41.9 Å². The minimum atomic E-state index is -0.958. The smallest absolute Gasteiger partial charge is 0.254 e. The molecule has 6 heteroatoms. The first-order valence-electron chi connectivity index (χ1n) is 8.69. The molecule has 2 aliphatic heterocycles. The predicted molar refractivity (Wildman–Crippen MR) is 92.3 cm³/mol. The zero-order valence-corrected chi connectivity index (χ0v) is 14.6. The summed E-state index contributed by atoms with van der Waals surface area (Å²) in [5, 5.41) is 11.2. The van der Waals surface area contributed by atoms with E-state index in [4.69, 9.17) is 4.74 Å². The molecule has 1 aromatic heterocycles. The fourth-order valence-electron chi connectivity index (χ4n) is 4.44. The Balaban J connectivity index is 1.58. The summed E-state index contributed by atoms with van der Waals surface area (Å²) >= 11 is 0. The molecule has 1 amide bonds. The lowest BCUT2D eigenvalue weighted by Crippen LogP contribution is -2.52. The molecule has 4 rings (SSSR count). The molecule has 2 unspecified atom stereocenters. The van der Waals surface area contributed by atoms with Crippen LogP contribution < -0.4 is 4.74 Å². The molecule has 2 atom stereocenters. The summed E-state index contributed by atoms with van der Waals surface area (Å²) in [6, 6.07) is 7.33. The summed E-state index contributed by atoms with van der Waals surface area (Å²) < 4.78 is 7.04. The first-order chi connectivity index (χ1) is 12.0. The van der Waals surface area contributed by atoms with Crippen LogP contribution in [0.2, 0.25) is 0 Å². The molecule has 1 aromatic carbocycles. The van der Waals surface area contributed by atoms with Gasteiger partial charge >= 0.3 is 0 Å². The number of aryl methyl sites for hydroxylation is 1. The Kier molecular flexibility index (Phi) is 3.80. The minimum Gasteiger partial charge on any atom is -0.497 e. The van der Waals surface area contributed by atoms with Crippen LogP contribution >= 0.6 is 0 Å². The first-order valence-corrected chi connectivity index (χ1v) is 8.69. The van der Waals surface area contributed by atoms with E-state index < -0.39 is 5.60 Å². The van der Waals surface area contributed by atoms with Crippen LogP contribution in [0.15, 0.2) is 36.7 Å². The van der Waals surface area contributed by atoms with Crippen molar-refractivity contribution in [2.45, 2.75) is 43.4 Å². The van der Waals surface area contributed by atoms with Gasteiger partial charge in [0, 0.05) is 49.9 Å². The van der Waals surface area contributed by atoms with Crippen LogP contribution in [0.4, 0.5) is 0 Å². The topological polar surface area (TPSA) is 67.6 Å². The SMILES string of the molecule is COc1ccc(C(=O)N2C3CCC2CC(O)(c2nccn2C)C3)cc1. The molecule has 0 saturated carbocycles. The van der Waals surface area contributed by atoms with Crippen molar-refractivity contribution in [3.8, 4) is 5.75 Å². The van der Waals surface area contributed by atoms with Gasteiger partial charge < -0.3 is 19.3 Å². The highest BCUT2D eigenvalue weighted by Crippen LogP contribution is 2.45. The zero-order valence-electron chi connectivity index (χ0n) is 14.6. The van der Waals surface area contributed by atoms with E-state index in [1.54, 1.807) is 25.4 Å². The van der Waals surface area contributed by atoms with Crippen molar-refractivity contribution < 1.29 is 14.6 Å². The van der Waals surface area contributed by atoms with E-state index in [2.05, 4.69) is 4.98 Å². The van der Waals surface area contributed by atoms with Crippen LogP contribution in [0.25, 0.3) is 0 Å². The number of fused-ring (bicyclic) bond motifs is 2. The van der Waals surface area contributed by atoms with Gasteiger partial charge in [0.25, 0.3) is 5.91 Å². The Labute approximate surface area is 147 Å². The van der Waals surface area contributed by atoms with E-state index in [1.807, 2.05) is 34.8 Å². The molecule has 1 N–H and O–H groups in total. The zero-order chi connectivity index (χ0) is 17.6. The Hall–Kier alpha value is -2.34. The lowest BCUT2D eigenvalue weighted by molar-refractivity contribution is -0.0555. The summed E-state index contributed by atoms with van der Waals surface area (Å²) in [4.78, 5) is 19.3. The highest BCUT2D eigenvalue weighted by molar-refractivity contribution is 5.95. The predicted octanol–water partition coefficient (Wildman–Crippen LogP) is 2.08. The van der Waals surface area contributed by atoms with Crippen LogP contribution in [0.5, 0.6) is 5.75 Å². The second-order valence-corrected chi connectivity index (χ2v) is 7.13. The number of nitrogens with zero attached hydrogens (tertiary/aromatic N) is 3. The number of methoxy groups -OCH3 is 1. The van der Waals surface area contributed by atoms with Gasteiger partial charge in [0.2, 0.25) is 0 Å². The van der Waals surface area contributed by atoms with Gasteiger partial charge in [-0.3, -0.25) is 4.79 Å². The number of hydrogen-bond donors (Lipinski definition) is 1. The fraction of sp³-hybridized carbons (Fsp3) is 0.474. The molecule has 132 valence electrons. The molecule has 25 heavy (non-hydrogen) atoms. The quantitative estimate of drug-likeness (QED) is 0.928. The molecule has 0 radical (unpaired) electrons. The lowest BCUT2D eigenvalue weighted by atomic mass is 9.85. The van der Waals surface area contributed by atoms with Crippen LogP contribution in [-0.4, -0.2) is 44.7 Å². The second kappa shape index (κ2) is 5.88. The Morgan fingerprint density at radius 2 is 1.88 bits per heavy atom. The standard InChI is InChI=1S/C19H23N3O3/c1-21-10-9-20-18(21)19(24)11-14-5-6-15(12-19)22(14)17(23)13-3-7-16(25-2)8-4-13/h3-4,7-10,14-15,24H,5-6,11-12H2,1-2H3. The molecular formula is C19H23N3O3. The summed E-state index contributed by atoms with van der Waals surface area (Å²) in [6.45, 7) is 0. The van der Waals surface area contributed by atoms with Gasteiger partial charge in [0.15, 0.2) is 0 Å².